The van der Waals surface area contributed by atoms with Crippen LogP contribution < -0.4 is 0 Å². The first-order chi connectivity index (χ1) is 1.00. The molecule has 0 bridgehead atoms. The summed E-state index contributed by atoms with van der Waals surface area (Å²) in [6.07, 6.45) is 0. The molecule has 0 saturated heterocycles. The van der Waals surface area contributed by atoms with E-state index in [9.17, 15) is 0 Å². The van der Waals surface area contributed by atoms with Gasteiger partial charge < -0.3 is 0 Å². The average molecular weight is 169 g/mol. The fourth-order valence-electron chi connectivity index (χ4n) is 0. The summed E-state index contributed by atoms with van der Waals surface area (Å²) >= 11 is 2.00. The molecule has 0 aliphatic heterocycles. The topological polar surface area (TPSA) is 17.1 Å². The Hall–Kier alpha value is 2.10. The van der Waals surface area contributed by atoms with Crippen LogP contribution in [0.1, 0.15) is 0 Å². The molecule has 0 atom stereocenters. The van der Waals surface area contributed by atoms with Crippen LogP contribution in [-0.4, -0.2) is 37.7 Å². The molecule has 1 radical (unpaired) electrons. The summed E-state index contributed by atoms with van der Waals surface area (Å²) in [7, 11) is 0. The van der Waals surface area contributed by atoms with Gasteiger partial charge in [0, 0.05) is 17.1 Å². The van der Waals surface area contributed by atoms with Gasteiger partial charge >= 0.3 is 57.5 Å². The Balaban J connectivity index is -0.00000000500. The third-order valence-electron chi connectivity index (χ3n) is 0. The molecule has 4 heavy (non-hydrogen) atoms. The molecule has 0 aromatic rings. The van der Waals surface area contributed by atoms with E-state index in [1.165, 1.54) is 0 Å². The molecule has 0 aromatic carbocycles. The molecule has 0 rings (SSSR count). The van der Waals surface area contributed by atoms with Crippen molar-refractivity contribution in [2.24, 2.45) is 0 Å². The van der Waals surface area contributed by atoms with Crippen LogP contribution in [0.4, 0.5) is 0 Å². The van der Waals surface area contributed by atoms with Gasteiger partial charge in [-0.3, -0.25) is 0 Å². The van der Waals surface area contributed by atoms with E-state index in [0.29, 0.717) is 0 Å². The monoisotopic (exact) mass is 169 g/mol. The van der Waals surface area contributed by atoms with Gasteiger partial charge in [0.1, 0.15) is 0 Å². The first-order valence-electron chi connectivity index (χ1n) is 0.144. The summed E-state index contributed by atoms with van der Waals surface area (Å²) in [5.74, 6) is 0. The third-order valence-corrected chi connectivity index (χ3v) is 0. The second-order valence-corrected chi connectivity index (χ2v) is 0. The fourth-order valence-corrected chi connectivity index (χ4v) is 0. The van der Waals surface area contributed by atoms with Crippen LogP contribution in [0, 0.1) is 0 Å². The second-order valence-electron chi connectivity index (χ2n) is 0. The predicted molar refractivity (Wildman–Crippen MR) is 9.23 cm³/mol. The van der Waals surface area contributed by atoms with Crippen LogP contribution in [0.3, 0.4) is 0 Å². The van der Waals surface area contributed by atoms with Gasteiger partial charge in [0.2, 0.25) is 0 Å². The molecule has 0 spiro atoms. The Morgan fingerprint density at radius 2 is 1.25 bits per heavy atom. The molecule has 4 heteroatoms. The van der Waals surface area contributed by atoms with E-state index >= 15 is 0 Å². The van der Waals surface area contributed by atoms with Crippen molar-refractivity contribution in [2.45, 2.75) is 0 Å². The van der Waals surface area contributed by atoms with Gasteiger partial charge in [-0.1, -0.05) is 0 Å². The number of rotatable bonds is 0. The molecule has 0 aromatic heterocycles. The Morgan fingerprint density at radius 3 is 1.25 bits per heavy atom. The van der Waals surface area contributed by atoms with Crippen LogP contribution in [0.2, 0.25) is 0 Å². The van der Waals surface area contributed by atoms with Crippen LogP contribution in [0.15, 0.2) is 0 Å². The fraction of sp³-hybridized carbons (Fsp3) is 0. The van der Waals surface area contributed by atoms with Gasteiger partial charge in [0.15, 0.2) is 0 Å². The summed E-state index contributed by atoms with van der Waals surface area (Å²) in [5.41, 5.74) is 0. The summed E-state index contributed by atoms with van der Waals surface area (Å²) in [6, 6.07) is 0. The summed E-state index contributed by atoms with van der Waals surface area (Å²) in [4.78, 5) is 0. The van der Waals surface area contributed by atoms with Gasteiger partial charge in [-0.25, -0.2) is 0 Å². The molecule has 0 unspecified atom stereocenters. The van der Waals surface area contributed by atoms with E-state index in [0.717, 1.165) is 0 Å². The molecule has 1 nitrogen and oxygen atoms in total. The Kier molecular flexibility index (Phi) is 80.3. The molecule has 25 valence electrons. The maximum atomic E-state index is 8.00. The minimum absolute atomic E-state index is 0. The standard InChI is InChI=1S/Ca.Fe.Mn.O.2H. The average Bonchev–Trinajstić information content (AvgIpc) is 1.00. The second kappa shape index (κ2) is 19.4. The zero-order chi connectivity index (χ0) is 2.00. The quantitative estimate of drug-likeness (QED) is 0.423. The van der Waals surface area contributed by atoms with Gasteiger partial charge in [-0.05, 0) is 0 Å². The Bertz CT molecular complexity index is 8.00. The molecule has 0 aliphatic rings. The van der Waals surface area contributed by atoms with Crippen LogP contribution in [-0.2, 0) is 36.8 Å². The maximum absolute atomic E-state index is 8.00. The first-order valence-corrected chi connectivity index (χ1v) is 0.595. The van der Waals surface area contributed by atoms with Crippen LogP contribution in [0.5, 0.6) is 0 Å². The van der Waals surface area contributed by atoms with Crippen LogP contribution in [0.25, 0.3) is 0 Å². The van der Waals surface area contributed by atoms with Crippen molar-refractivity contribution in [3.63, 3.8) is 0 Å². The summed E-state index contributed by atoms with van der Waals surface area (Å²) in [6.45, 7) is 0. The van der Waals surface area contributed by atoms with Crippen molar-refractivity contribution >= 4 is 37.7 Å². The molecule has 0 N–H and O–H groups in total. The van der Waals surface area contributed by atoms with Crippen molar-refractivity contribution < 1.29 is 36.8 Å². The summed E-state index contributed by atoms with van der Waals surface area (Å²) in [5, 5.41) is 0. The summed E-state index contributed by atoms with van der Waals surface area (Å²) < 4.78 is 8.00. The molecule has 0 saturated carbocycles. The Morgan fingerprint density at radius 1 is 1.25 bits per heavy atom. The normalized spacial score (nSPS) is 1.25. The molecular formula is H2CaFeMnO. The molecule has 0 aliphatic carbocycles. The van der Waals surface area contributed by atoms with E-state index in [1.807, 2.05) is 15.9 Å². The van der Waals surface area contributed by atoms with E-state index in [2.05, 4.69) is 0 Å². The zero-order valence-corrected chi connectivity index (χ0v) is 3.42. The minimum atomic E-state index is 0. The van der Waals surface area contributed by atoms with Crippen molar-refractivity contribution in [1.29, 1.82) is 0 Å². The molecule has 0 heterocycles. The number of hydrogen-bond donors (Lipinski definition) is 0. The van der Waals surface area contributed by atoms with Gasteiger partial charge in [-0.2, -0.15) is 0 Å². The third kappa shape index (κ3) is 8.94. The van der Waals surface area contributed by atoms with Gasteiger partial charge in [0.05, 0.1) is 0 Å². The molecule has 0 fully saturated rings. The predicted octanol–water partition coefficient (Wildman–Crippen LogP) is -1.04. The SMILES string of the molecule is [CaH2].[Mn].[O]=[Fe]. The van der Waals surface area contributed by atoms with E-state index in [-0.39, 0.29) is 54.8 Å². The van der Waals surface area contributed by atoms with E-state index in [4.69, 9.17) is 3.83 Å². The Labute approximate surface area is 73.4 Å². The van der Waals surface area contributed by atoms with Crippen molar-refractivity contribution in [1.82, 2.24) is 0 Å². The van der Waals surface area contributed by atoms with Gasteiger partial charge in [0.25, 0.3) is 0 Å². The number of hydrogen-bond acceptors (Lipinski definition) is 1. The van der Waals surface area contributed by atoms with Crippen molar-refractivity contribution in [3.05, 3.63) is 0 Å². The van der Waals surface area contributed by atoms with E-state index < -0.39 is 0 Å². The molecule has 0 amide bonds. The first kappa shape index (κ1) is 16.5. The van der Waals surface area contributed by atoms with Crippen molar-refractivity contribution in [2.75, 3.05) is 0 Å². The molecular weight excluding hydrogens is 167 g/mol. The zero-order valence-electron chi connectivity index (χ0n) is 1.14. The van der Waals surface area contributed by atoms with Crippen molar-refractivity contribution in [3.8, 4) is 0 Å². The van der Waals surface area contributed by atoms with Gasteiger partial charge in [-0.15, -0.1) is 0 Å². The van der Waals surface area contributed by atoms with E-state index in [1.54, 1.807) is 0 Å². The van der Waals surface area contributed by atoms with Crippen LogP contribution >= 0.6 is 0 Å².